The third-order valence-corrected chi connectivity index (χ3v) is 4.70. The standard InChI is InChI=1S/C22H23NO3/c1-14-12-16(25-3)7-9-18(14)21(20-6-5-11-23-22(20)24)19-10-8-17(26-4)13-15(19)2/h5-13,21H,1-4H3,(H,23,24). The van der Waals surface area contributed by atoms with Gasteiger partial charge in [0.05, 0.1) is 14.2 Å². The molecule has 0 bridgehead atoms. The summed E-state index contributed by atoms with van der Waals surface area (Å²) >= 11 is 0. The Labute approximate surface area is 154 Å². The van der Waals surface area contributed by atoms with Gasteiger partial charge in [0.15, 0.2) is 0 Å². The molecule has 0 aliphatic carbocycles. The van der Waals surface area contributed by atoms with Crippen LogP contribution in [0.25, 0.3) is 0 Å². The van der Waals surface area contributed by atoms with Crippen molar-refractivity contribution in [1.29, 1.82) is 0 Å². The first-order valence-corrected chi connectivity index (χ1v) is 8.48. The van der Waals surface area contributed by atoms with Gasteiger partial charge in [-0.25, -0.2) is 4.98 Å². The van der Waals surface area contributed by atoms with Gasteiger partial charge in [-0.05, 0) is 66.4 Å². The predicted molar refractivity (Wildman–Crippen MR) is 102 cm³/mol. The number of pyridine rings is 1. The highest BCUT2D eigenvalue weighted by Crippen LogP contribution is 2.40. The molecule has 3 rings (SSSR count). The Hall–Kier alpha value is -3.01. The van der Waals surface area contributed by atoms with Gasteiger partial charge in [-0.1, -0.05) is 18.2 Å². The number of aryl methyl sites for hydroxylation is 2. The van der Waals surface area contributed by atoms with Crippen LogP contribution in [0.4, 0.5) is 0 Å². The van der Waals surface area contributed by atoms with E-state index in [9.17, 15) is 5.11 Å². The minimum atomic E-state index is -0.138. The molecule has 0 atom stereocenters. The number of aromatic nitrogens is 1. The van der Waals surface area contributed by atoms with Crippen molar-refractivity contribution in [2.75, 3.05) is 14.2 Å². The molecule has 1 heterocycles. The molecule has 0 aliphatic heterocycles. The number of hydrogen-bond acceptors (Lipinski definition) is 4. The van der Waals surface area contributed by atoms with Crippen molar-refractivity contribution in [3.8, 4) is 17.4 Å². The van der Waals surface area contributed by atoms with E-state index in [1.807, 2.05) is 36.4 Å². The number of benzene rings is 2. The van der Waals surface area contributed by atoms with Gasteiger partial charge in [0, 0.05) is 17.7 Å². The van der Waals surface area contributed by atoms with Crippen molar-refractivity contribution in [2.45, 2.75) is 19.8 Å². The van der Waals surface area contributed by atoms with E-state index >= 15 is 0 Å². The summed E-state index contributed by atoms with van der Waals surface area (Å²) in [5.41, 5.74) is 5.15. The molecule has 0 saturated heterocycles. The van der Waals surface area contributed by atoms with Crippen LogP contribution in [-0.4, -0.2) is 24.3 Å². The Bertz CT molecular complexity index is 868. The number of ether oxygens (including phenoxy) is 2. The lowest BCUT2D eigenvalue weighted by Gasteiger charge is -2.23. The molecule has 1 N–H and O–H groups in total. The zero-order valence-corrected chi connectivity index (χ0v) is 15.5. The molecule has 0 fully saturated rings. The van der Waals surface area contributed by atoms with E-state index in [2.05, 4.69) is 31.0 Å². The van der Waals surface area contributed by atoms with Crippen molar-refractivity contribution in [2.24, 2.45) is 0 Å². The largest absolute Gasteiger partial charge is 0.497 e. The Kier molecular flexibility index (Phi) is 5.12. The third-order valence-electron chi connectivity index (χ3n) is 4.70. The predicted octanol–water partition coefficient (Wildman–Crippen LogP) is 4.60. The van der Waals surface area contributed by atoms with Gasteiger partial charge in [0.1, 0.15) is 11.5 Å². The van der Waals surface area contributed by atoms with Crippen LogP contribution in [0.1, 0.15) is 33.7 Å². The van der Waals surface area contributed by atoms with Gasteiger partial charge in [0.25, 0.3) is 0 Å². The van der Waals surface area contributed by atoms with Crippen LogP contribution in [-0.2, 0) is 0 Å². The number of rotatable bonds is 5. The first-order valence-electron chi connectivity index (χ1n) is 8.48. The maximum absolute atomic E-state index is 10.4. The maximum Gasteiger partial charge on any atom is 0.214 e. The zero-order chi connectivity index (χ0) is 18.7. The third kappa shape index (κ3) is 3.36. The fourth-order valence-corrected chi connectivity index (χ4v) is 3.34. The van der Waals surface area contributed by atoms with Crippen LogP contribution in [0.15, 0.2) is 54.7 Å². The summed E-state index contributed by atoms with van der Waals surface area (Å²) in [6.07, 6.45) is 1.59. The molecular weight excluding hydrogens is 326 g/mol. The van der Waals surface area contributed by atoms with E-state index in [-0.39, 0.29) is 11.8 Å². The van der Waals surface area contributed by atoms with Gasteiger partial charge in [0.2, 0.25) is 5.88 Å². The minimum absolute atomic E-state index is 0.0444. The summed E-state index contributed by atoms with van der Waals surface area (Å²) in [6.45, 7) is 4.11. The highest BCUT2D eigenvalue weighted by atomic mass is 16.5. The van der Waals surface area contributed by atoms with Gasteiger partial charge in [-0.3, -0.25) is 0 Å². The molecule has 4 nitrogen and oxygen atoms in total. The molecule has 0 unspecified atom stereocenters. The minimum Gasteiger partial charge on any atom is -0.497 e. The average molecular weight is 349 g/mol. The van der Waals surface area contributed by atoms with Crippen molar-refractivity contribution < 1.29 is 14.6 Å². The number of hydrogen-bond donors (Lipinski definition) is 1. The van der Waals surface area contributed by atoms with Crippen LogP contribution in [0.5, 0.6) is 17.4 Å². The molecule has 134 valence electrons. The topological polar surface area (TPSA) is 51.6 Å². The zero-order valence-electron chi connectivity index (χ0n) is 15.5. The molecule has 0 saturated carbocycles. The van der Waals surface area contributed by atoms with E-state index in [1.165, 1.54) is 0 Å². The van der Waals surface area contributed by atoms with E-state index in [0.29, 0.717) is 0 Å². The lowest BCUT2D eigenvalue weighted by Crippen LogP contribution is -2.08. The normalized spacial score (nSPS) is 10.8. The summed E-state index contributed by atoms with van der Waals surface area (Å²) < 4.78 is 10.7. The average Bonchev–Trinajstić information content (AvgIpc) is 2.65. The summed E-state index contributed by atoms with van der Waals surface area (Å²) in [5, 5.41) is 10.4. The Morgan fingerprint density at radius 2 is 1.35 bits per heavy atom. The van der Waals surface area contributed by atoms with Crippen molar-refractivity contribution in [3.63, 3.8) is 0 Å². The number of methoxy groups -OCH3 is 2. The molecule has 0 aliphatic rings. The van der Waals surface area contributed by atoms with Crippen molar-refractivity contribution in [1.82, 2.24) is 4.98 Å². The van der Waals surface area contributed by atoms with Crippen LogP contribution < -0.4 is 9.47 Å². The fourth-order valence-electron chi connectivity index (χ4n) is 3.34. The van der Waals surface area contributed by atoms with Crippen molar-refractivity contribution >= 4 is 0 Å². The fraction of sp³-hybridized carbons (Fsp3) is 0.227. The second-order valence-electron chi connectivity index (χ2n) is 6.29. The second kappa shape index (κ2) is 7.48. The van der Waals surface area contributed by atoms with Crippen LogP contribution in [0.3, 0.4) is 0 Å². The van der Waals surface area contributed by atoms with Gasteiger partial charge >= 0.3 is 0 Å². The molecule has 0 spiro atoms. The molecule has 1 aromatic heterocycles. The smallest absolute Gasteiger partial charge is 0.214 e. The van der Waals surface area contributed by atoms with Gasteiger partial charge < -0.3 is 14.6 Å². The Morgan fingerprint density at radius 3 is 1.77 bits per heavy atom. The molecule has 0 amide bonds. The van der Waals surface area contributed by atoms with E-state index < -0.39 is 0 Å². The highest BCUT2D eigenvalue weighted by molar-refractivity contribution is 5.53. The van der Waals surface area contributed by atoms with Gasteiger partial charge in [-0.2, -0.15) is 0 Å². The van der Waals surface area contributed by atoms with Crippen LogP contribution >= 0.6 is 0 Å². The summed E-state index contributed by atoms with van der Waals surface area (Å²) in [7, 11) is 3.32. The molecule has 4 heteroatoms. The first-order chi connectivity index (χ1) is 12.5. The molecule has 3 aromatic rings. The quantitative estimate of drug-likeness (QED) is 0.731. The van der Waals surface area contributed by atoms with E-state index in [4.69, 9.17) is 9.47 Å². The second-order valence-corrected chi connectivity index (χ2v) is 6.29. The first kappa shape index (κ1) is 17.8. The molecule has 0 radical (unpaired) electrons. The number of aromatic hydroxyl groups is 1. The van der Waals surface area contributed by atoms with Crippen LogP contribution in [0, 0.1) is 13.8 Å². The Morgan fingerprint density at radius 1 is 0.808 bits per heavy atom. The van der Waals surface area contributed by atoms with Crippen LogP contribution in [0.2, 0.25) is 0 Å². The van der Waals surface area contributed by atoms with E-state index in [1.54, 1.807) is 20.4 Å². The maximum atomic E-state index is 10.4. The number of nitrogens with zero attached hydrogens (tertiary/aromatic N) is 1. The van der Waals surface area contributed by atoms with Crippen molar-refractivity contribution in [3.05, 3.63) is 82.5 Å². The molecule has 26 heavy (non-hydrogen) atoms. The highest BCUT2D eigenvalue weighted by Gasteiger charge is 2.24. The SMILES string of the molecule is COc1ccc(C(c2ccc(OC)cc2C)c2cccnc2O)c(C)c1. The van der Waals surface area contributed by atoms with E-state index in [0.717, 1.165) is 39.3 Å². The molecular formula is C22H23NO3. The summed E-state index contributed by atoms with van der Waals surface area (Å²) in [6, 6.07) is 15.8. The lowest BCUT2D eigenvalue weighted by molar-refractivity contribution is 0.414. The summed E-state index contributed by atoms with van der Waals surface area (Å²) in [4.78, 5) is 4.08. The lowest BCUT2D eigenvalue weighted by atomic mass is 9.81. The Balaban J connectivity index is 2.23. The summed E-state index contributed by atoms with van der Waals surface area (Å²) in [5.74, 6) is 1.53. The molecule has 2 aromatic carbocycles. The monoisotopic (exact) mass is 349 g/mol. The van der Waals surface area contributed by atoms with Gasteiger partial charge in [-0.15, -0.1) is 0 Å².